The van der Waals surface area contributed by atoms with Crippen molar-refractivity contribution < 1.29 is 18.7 Å². The van der Waals surface area contributed by atoms with Gasteiger partial charge in [-0.1, -0.05) is 0 Å². The van der Waals surface area contributed by atoms with Gasteiger partial charge in [-0.3, -0.25) is 0 Å². The molecule has 0 unspecified atom stereocenters. The van der Waals surface area contributed by atoms with Crippen LogP contribution in [0.3, 0.4) is 0 Å². The zero-order valence-electron chi connectivity index (χ0n) is 15.1. The van der Waals surface area contributed by atoms with Crippen LogP contribution in [0.2, 0.25) is 0 Å². The first-order valence-corrected chi connectivity index (χ1v) is 7.85. The molecule has 134 valence electrons. The van der Waals surface area contributed by atoms with Crippen molar-refractivity contribution in [2.24, 2.45) is 0 Å². The van der Waals surface area contributed by atoms with Crippen LogP contribution in [0.15, 0.2) is 24.3 Å². The molecule has 0 heterocycles. The molecule has 0 atom stereocenters. The number of esters is 1. The topological polar surface area (TPSA) is 87.6 Å². The van der Waals surface area contributed by atoms with Crippen molar-refractivity contribution in [3.63, 3.8) is 0 Å². The highest BCUT2D eigenvalue weighted by atomic mass is 19.1. The molecule has 0 aromatic heterocycles. The van der Waals surface area contributed by atoms with E-state index in [-0.39, 0.29) is 22.7 Å². The minimum Gasteiger partial charge on any atom is -0.456 e. The second-order valence-corrected chi connectivity index (χ2v) is 6.92. The Morgan fingerprint density at radius 3 is 2.28 bits per heavy atom. The number of hydrogen-bond donors (Lipinski definition) is 2. The summed E-state index contributed by atoms with van der Waals surface area (Å²) in [6, 6.07) is 6.16. The number of nitrogen functional groups attached to an aromatic ring is 2. The predicted octanol–water partition coefficient (Wildman–Crippen LogP) is 4.35. The van der Waals surface area contributed by atoms with Crippen LogP contribution in [0, 0.1) is 19.7 Å². The summed E-state index contributed by atoms with van der Waals surface area (Å²) in [6.07, 6.45) is 0. The van der Waals surface area contributed by atoms with Gasteiger partial charge in [0.15, 0.2) is 11.6 Å². The van der Waals surface area contributed by atoms with Crippen molar-refractivity contribution in [3.8, 4) is 11.5 Å². The predicted molar refractivity (Wildman–Crippen MR) is 96.4 cm³/mol. The molecule has 0 aliphatic carbocycles. The van der Waals surface area contributed by atoms with Crippen LogP contribution in [-0.4, -0.2) is 11.6 Å². The summed E-state index contributed by atoms with van der Waals surface area (Å²) in [5, 5.41) is 0. The van der Waals surface area contributed by atoms with E-state index in [4.69, 9.17) is 20.9 Å². The van der Waals surface area contributed by atoms with Gasteiger partial charge >= 0.3 is 5.97 Å². The zero-order chi connectivity index (χ0) is 18.9. The summed E-state index contributed by atoms with van der Waals surface area (Å²) in [6.45, 7) is 8.75. The number of carbonyl (C=O) groups excluding carboxylic acids is 1. The molecule has 5 nitrogen and oxygen atoms in total. The molecule has 0 spiro atoms. The van der Waals surface area contributed by atoms with E-state index in [9.17, 15) is 9.18 Å². The second kappa shape index (κ2) is 6.63. The fourth-order valence-electron chi connectivity index (χ4n) is 2.38. The van der Waals surface area contributed by atoms with Crippen LogP contribution >= 0.6 is 0 Å². The highest BCUT2D eigenvalue weighted by Crippen LogP contribution is 2.34. The monoisotopic (exact) mass is 346 g/mol. The Hall–Kier alpha value is -2.76. The second-order valence-electron chi connectivity index (χ2n) is 6.92. The van der Waals surface area contributed by atoms with E-state index in [0.717, 1.165) is 5.56 Å². The number of anilines is 2. The number of rotatable bonds is 3. The Labute approximate surface area is 146 Å². The number of halogens is 1. The van der Waals surface area contributed by atoms with Gasteiger partial charge in [0.05, 0.1) is 11.3 Å². The van der Waals surface area contributed by atoms with Crippen LogP contribution in [0.4, 0.5) is 15.8 Å². The maximum Gasteiger partial charge on any atom is 0.341 e. The minimum absolute atomic E-state index is 0.00420. The van der Waals surface area contributed by atoms with E-state index in [1.165, 1.54) is 18.2 Å². The van der Waals surface area contributed by atoms with E-state index in [0.29, 0.717) is 11.3 Å². The van der Waals surface area contributed by atoms with E-state index in [2.05, 4.69) is 0 Å². The molecule has 0 saturated carbocycles. The molecule has 0 aliphatic heterocycles. The first-order chi connectivity index (χ1) is 11.5. The molecule has 0 fully saturated rings. The number of nitrogens with two attached hydrogens (primary N) is 2. The molecule has 0 bridgehead atoms. The molecule has 25 heavy (non-hydrogen) atoms. The molecule has 2 rings (SSSR count). The van der Waals surface area contributed by atoms with Gasteiger partial charge in [0, 0.05) is 11.3 Å². The van der Waals surface area contributed by atoms with Crippen molar-refractivity contribution >= 4 is 17.3 Å². The molecule has 0 radical (unpaired) electrons. The van der Waals surface area contributed by atoms with Gasteiger partial charge in [-0.25, -0.2) is 9.18 Å². The van der Waals surface area contributed by atoms with Crippen molar-refractivity contribution in [1.82, 2.24) is 0 Å². The standard InChI is InChI=1S/C19H23FN2O3/c1-10-8-13(22)17(20)15(9-10)24-14-7-6-12(21)16(11(14)2)18(23)25-19(3,4)5/h6-9H,21-22H2,1-5H3. The molecule has 6 heteroatoms. The van der Waals surface area contributed by atoms with Crippen molar-refractivity contribution in [2.75, 3.05) is 11.5 Å². The van der Waals surface area contributed by atoms with Gasteiger partial charge < -0.3 is 20.9 Å². The SMILES string of the molecule is Cc1cc(N)c(F)c(Oc2ccc(N)c(C(=O)OC(C)(C)C)c2C)c1. The van der Waals surface area contributed by atoms with Crippen LogP contribution in [-0.2, 0) is 4.74 Å². The fraction of sp³-hybridized carbons (Fsp3) is 0.316. The van der Waals surface area contributed by atoms with Gasteiger partial charge in [0.1, 0.15) is 11.4 Å². The quantitative estimate of drug-likeness (QED) is 0.637. The summed E-state index contributed by atoms with van der Waals surface area (Å²) < 4.78 is 25.2. The van der Waals surface area contributed by atoms with Crippen LogP contribution < -0.4 is 16.2 Å². The van der Waals surface area contributed by atoms with Gasteiger partial charge in [-0.15, -0.1) is 0 Å². The van der Waals surface area contributed by atoms with Gasteiger partial charge in [0.2, 0.25) is 0 Å². The van der Waals surface area contributed by atoms with Crippen molar-refractivity contribution in [1.29, 1.82) is 0 Å². The Morgan fingerprint density at radius 1 is 1.04 bits per heavy atom. The Balaban J connectivity index is 2.45. The lowest BCUT2D eigenvalue weighted by Gasteiger charge is -2.21. The Kier molecular flexibility index (Phi) is 4.92. The molecule has 0 saturated heterocycles. The molecule has 2 aromatic carbocycles. The number of aryl methyl sites for hydroxylation is 1. The number of benzene rings is 2. The van der Waals surface area contributed by atoms with Crippen molar-refractivity contribution in [3.05, 3.63) is 46.8 Å². The summed E-state index contributed by atoms with van der Waals surface area (Å²) >= 11 is 0. The van der Waals surface area contributed by atoms with Crippen LogP contribution in [0.25, 0.3) is 0 Å². The Bertz CT molecular complexity index is 826. The van der Waals surface area contributed by atoms with Crippen molar-refractivity contribution in [2.45, 2.75) is 40.2 Å². The molecule has 0 amide bonds. The molecule has 2 aromatic rings. The van der Waals surface area contributed by atoms with Gasteiger partial charge in [-0.2, -0.15) is 0 Å². The fourth-order valence-corrected chi connectivity index (χ4v) is 2.38. The number of hydrogen-bond acceptors (Lipinski definition) is 5. The van der Waals surface area contributed by atoms with E-state index >= 15 is 0 Å². The largest absolute Gasteiger partial charge is 0.456 e. The maximum absolute atomic E-state index is 14.2. The molecular formula is C19H23FN2O3. The third kappa shape index (κ3) is 4.21. The van der Waals surface area contributed by atoms with E-state index in [1.54, 1.807) is 40.7 Å². The molecule has 0 aliphatic rings. The molecule has 4 N–H and O–H groups in total. The lowest BCUT2D eigenvalue weighted by Crippen LogP contribution is -2.25. The smallest absolute Gasteiger partial charge is 0.341 e. The van der Waals surface area contributed by atoms with Crippen LogP contribution in [0.1, 0.15) is 42.3 Å². The first kappa shape index (κ1) is 18.6. The minimum atomic E-state index is -0.663. The average Bonchev–Trinajstić information content (AvgIpc) is 2.45. The van der Waals surface area contributed by atoms with Crippen LogP contribution in [0.5, 0.6) is 11.5 Å². The zero-order valence-corrected chi connectivity index (χ0v) is 15.1. The average molecular weight is 346 g/mol. The van der Waals surface area contributed by atoms with E-state index < -0.39 is 17.4 Å². The maximum atomic E-state index is 14.2. The number of ether oxygens (including phenoxy) is 2. The van der Waals surface area contributed by atoms with Gasteiger partial charge in [-0.05, 0) is 64.4 Å². The Morgan fingerprint density at radius 2 is 1.68 bits per heavy atom. The normalized spacial score (nSPS) is 11.3. The highest BCUT2D eigenvalue weighted by Gasteiger charge is 2.23. The number of carbonyl (C=O) groups is 1. The van der Waals surface area contributed by atoms with Gasteiger partial charge in [0.25, 0.3) is 0 Å². The summed E-state index contributed by atoms with van der Waals surface area (Å²) in [5.74, 6) is -0.919. The summed E-state index contributed by atoms with van der Waals surface area (Å²) in [7, 11) is 0. The third-order valence-electron chi connectivity index (χ3n) is 3.48. The lowest BCUT2D eigenvalue weighted by atomic mass is 10.0. The van der Waals surface area contributed by atoms with E-state index in [1.807, 2.05) is 0 Å². The third-order valence-corrected chi connectivity index (χ3v) is 3.48. The molecular weight excluding hydrogens is 323 g/mol. The highest BCUT2D eigenvalue weighted by molar-refractivity contribution is 5.97. The summed E-state index contributed by atoms with van der Waals surface area (Å²) in [4.78, 5) is 12.4. The lowest BCUT2D eigenvalue weighted by molar-refractivity contribution is 0.00697. The summed E-state index contributed by atoms with van der Waals surface area (Å²) in [5.41, 5.74) is 12.6. The first-order valence-electron chi connectivity index (χ1n) is 7.85.